The molecule has 0 N–H and O–H groups in total. The molecule has 0 nitrogen and oxygen atoms in total. The average Bonchev–Trinajstić information content (AvgIpc) is 2.87. The van der Waals surface area contributed by atoms with Crippen molar-refractivity contribution >= 4 is 53.9 Å². The predicted octanol–water partition coefficient (Wildman–Crippen LogP) is 11.6. The third-order valence-electron chi connectivity index (χ3n) is 9.05. The van der Waals surface area contributed by atoms with Crippen molar-refractivity contribution in [1.29, 1.82) is 0 Å². The highest BCUT2D eigenvalue weighted by Crippen LogP contribution is 2.51. The summed E-state index contributed by atoms with van der Waals surface area (Å²) in [6.45, 7) is 19.0. The fourth-order valence-electron chi connectivity index (χ4n) is 7.23. The average molecular weight is 501 g/mol. The van der Waals surface area contributed by atoms with Gasteiger partial charge in [-0.15, -0.1) is 0 Å². The monoisotopic (exact) mass is 500 g/mol. The number of benzene rings is 6. The first-order chi connectivity index (χ1) is 18.1. The van der Waals surface area contributed by atoms with E-state index >= 15 is 0 Å². The molecule has 196 valence electrons. The van der Waals surface area contributed by atoms with E-state index in [-0.39, 0.29) is 10.8 Å². The molecule has 0 saturated carbocycles. The van der Waals surface area contributed by atoms with Crippen LogP contribution < -0.4 is 0 Å². The van der Waals surface area contributed by atoms with Crippen LogP contribution in [0.2, 0.25) is 0 Å². The number of hydrogen-bond acceptors (Lipinski definition) is 0. The van der Waals surface area contributed by atoms with Gasteiger partial charge in [0, 0.05) is 0 Å². The minimum absolute atomic E-state index is 0.0791. The molecule has 0 amide bonds. The summed E-state index contributed by atoms with van der Waals surface area (Å²) in [7, 11) is 0. The lowest BCUT2D eigenvalue weighted by Crippen LogP contribution is -2.14. The van der Waals surface area contributed by atoms with Crippen molar-refractivity contribution in [1.82, 2.24) is 0 Å². The fourth-order valence-corrected chi connectivity index (χ4v) is 7.23. The molecule has 0 heteroatoms. The molecule has 0 bridgehead atoms. The van der Waals surface area contributed by atoms with Crippen LogP contribution >= 0.6 is 0 Å². The molecule has 0 atom stereocenters. The molecule has 6 rings (SSSR count). The van der Waals surface area contributed by atoms with Gasteiger partial charge in [-0.25, -0.2) is 0 Å². The molecule has 0 aliphatic carbocycles. The summed E-state index contributed by atoms with van der Waals surface area (Å²) in [5.74, 6) is 0. The first kappa shape index (κ1) is 25.4. The molecule has 0 radical (unpaired) electrons. The summed E-state index contributed by atoms with van der Waals surface area (Å²) in [6, 6.07) is 19.5. The Morgan fingerprint density at radius 1 is 0.474 bits per heavy atom. The second-order valence-corrected chi connectivity index (χ2v) is 13.8. The molecule has 0 aliphatic heterocycles. The minimum Gasteiger partial charge on any atom is -0.0654 e. The van der Waals surface area contributed by atoms with E-state index in [0.29, 0.717) is 0 Å². The zero-order valence-electron chi connectivity index (χ0n) is 24.9. The van der Waals surface area contributed by atoms with Gasteiger partial charge in [-0.3, -0.25) is 0 Å². The van der Waals surface area contributed by atoms with E-state index in [0.717, 1.165) is 12.8 Å². The molecular formula is C38H44. The van der Waals surface area contributed by atoms with E-state index in [9.17, 15) is 0 Å². The van der Waals surface area contributed by atoms with Gasteiger partial charge in [-0.1, -0.05) is 105 Å². The van der Waals surface area contributed by atoms with Crippen LogP contribution in [0, 0.1) is 0 Å². The Morgan fingerprint density at radius 3 is 1.18 bits per heavy atom. The highest BCUT2D eigenvalue weighted by molar-refractivity contribution is 6.39. The normalized spacial score (nSPS) is 13.4. The number of hydrogen-bond donors (Lipinski definition) is 0. The molecule has 0 aromatic heterocycles. The highest BCUT2D eigenvalue weighted by Gasteiger charge is 2.28. The predicted molar refractivity (Wildman–Crippen MR) is 171 cm³/mol. The van der Waals surface area contributed by atoms with Crippen molar-refractivity contribution in [3.05, 3.63) is 70.8 Å². The molecule has 0 fully saturated rings. The molecule has 0 aliphatic rings. The van der Waals surface area contributed by atoms with E-state index in [1.54, 1.807) is 11.1 Å². The SMILES string of the molecule is CCCCc1c2cccc3c(C(C)(C)C)cc4c(CCCC)c5cccc6c(C(C)(C)C)cc1c(c65)c4c32. The van der Waals surface area contributed by atoms with Gasteiger partial charge >= 0.3 is 0 Å². The lowest BCUT2D eigenvalue weighted by Gasteiger charge is -2.30. The van der Waals surface area contributed by atoms with Crippen molar-refractivity contribution in [2.24, 2.45) is 0 Å². The zero-order chi connectivity index (χ0) is 27.0. The first-order valence-corrected chi connectivity index (χ1v) is 15.0. The van der Waals surface area contributed by atoms with Crippen molar-refractivity contribution in [3.8, 4) is 0 Å². The van der Waals surface area contributed by atoms with E-state index in [2.05, 4.69) is 104 Å². The van der Waals surface area contributed by atoms with E-state index in [4.69, 9.17) is 0 Å². The Kier molecular flexibility index (Phi) is 5.91. The molecule has 38 heavy (non-hydrogen) atoms. The van der Waals surface area contributed by atoms with Gasteiger partial charge in [0.15, 0.2) is 0 Å². The van der Waals surface area contributed by atoms with Gasteiger partial charge in [0.2, 0.25) is 0 Å². The molecule has 0 saturated heterocycles. The Balaban J connectivity index is 1.99. The van der Waals surface area contributed by atoms with Crippen LogP contribution in [0.4, 0.5) is 0 Å². The summed E-state index contributed by atoms with van der Waals surface area (Å²) < 4.78 is 0. The molecule has 0 heterocycles. The van der Waals surface area contributed by atoms with Gasteiger partial charge in [-0.05, 0) is 125 Å². The smallest absolute Gasteiger partial charge is 0.00109 e. The van der Waals surface area contributed by atoms with Crippen molar-refractivity contribution in [2.45, 2.75) is 105 Å². The molecule has 6 aromatic rings. The minimum atomic E-state index is 0.0791. The third-order valence-corrected chi connectivity index (χ3v) is 9.05. The van der Waals surface area contributed by atoms with Gasteiger partial charge in [0.05, 0.1) is 0 Å². The lowest BCUT2D eigenvalue weighted by molar-refractivity contribution is 0.596. The van der Waals surface area contributed by atoms with Crippen molar-refractivity contribution in [2.75, 3.05) is 0 Å². The van der Waals surface area contributed by atoms with Gasteiger partial charge in [-0.2, -0.15) is 0 Å². The van der Waals surface area contributed by atoms with Gasteiger partial charge < -0.3 is 0 Å². The topological polar surface area (TPSA) is 0 Å². The molecule has 6 aromatic carbocycles. The third kappa shape index (κ3) is 3.63. The van der Waals surface area contributed by atoms with Crippen LogP contribution in [0.5, 0.6) is 0 Å². The summed E-state index contributed by atoms with van der Waals surface area (Å²) in [5, 5.41) is 15.0. The Hall–Kier alpha value is -2.86. The fraction of sp³-hybridized carbons (Fsp3) is 0.421. The molecular weight excluding hydrogens is 456 g/mol. The Morgan fingerprint density at radius 2 is 0.842 bits per heavy atom. The number of aryl methyl sites for hydroxylation is 2. The zero-order valence-corrected chi connectivity index (χ0v) is 24.9. The van der Waals surface area contributed by atoms with Gasteiger partial charge in [0.1, 0.15) is 0 Å². The Bertz CT molecular complexity index is 1650. The lowest BCUT2D eigenvalue weighted by atomic mass is 9.73. The van der Waals surface area contributed by atoms with Crippen LogP contribution in [-0.2, 0) is 23.7 Å². The quantitative estimate of drug-likeness (QED) is 0.157. The summed E-state index contributed by atoms with van der Waals surface area (Å²) in [4.78, 5) is 0. The molecule has 0 spiro atoms. The second kappa shape index (κ2) is 8.84. The maximum Gasteiger partial charge on any atom is -0.00109 e. The standard InChI is InChI=1S/C38H44/c1-9-11-15-23-25-17-13-19-27-32(38(6,7)8)22-30-24(16-12-10-2)26-18-14-20-28-31(37(3,4)5)21-29(23)35(34(26)28)36(30)33(25)27/h13-14,17-22H,9-12,15-16H2,1-8H3. The van der Waals surface area contributed by atoms with Crippen LogP contribution in [0.1, 0.15) is 103 Å². The summed E-state index contributed by atoms with van der Waals surface area (Å²) >= 11 is 0. The van der Waals surface area contributed by atoms with E-state index in [1.807, 2.05) is 0 Å². The maximum atomic E-state index is 2.59. The number of unbranched alkanes of at least 4 members (excludes halogenated alkanes) is 2. The highest BCUT2D eigenvalue weighted by atomic mass is 14.3. The van der Waals surface area contributed by atoms with Gasteiger partial charge in [0.25, 0.3) is 0 Å². The maximum absolute atomic E-state index is 2.59. The largest absolute Gasteiger partial charge is 0.0654 e. The Labute approximate surface area is 229 Å². The van der Waals surface area contributed by atoms with Crippen LogP contribution in [0.15, 0.2) is 48.5 Å². The van der Waals surface area contributed by atoms with Crippen LogP contribution in [0.25, 0.3) is 53.9 Å². The van der Waals surface area contributed by atoms with Crippen LogP contribution in [-0.4, -0.2) is 0 Å². The molecule has 0 unspecified atom stereocenters. The van der Waals surface area contributed by atoms with Crippen LogP contribution in [0.3, 0.4) is 0 Å². The first-order valence-electron chi connectivity index (χ1n) is 15.0. The van der Waals surface area contributed by atoms with Crippen molar-refractivity contribution < 1.29 is 0 Å². The summed E-state index contributed by atoms with van der Waals surface area (Å²) in [6.07, 6.45) is 7.17. The van der Waals surface area contributed by atoms with E-state index < -0.39 is 0 Å². The second-order valence-electron chi connectivity index (χ2n) is 13.8. The van der Waals surface area contributed by atoms with Crippen molar-refractivity contribution in [3.63, 3.8) is 0 Å². The van der Waals surface area contributed by atoms with E-state index in [1.165, 1.54) is 90.7 Å². The summed E-state index contributed by atoms with van der Waals surface area (Å²) in [5.41, 5.74) is 6.27. The number of rotatable bonds is 6.